The van der Waals surface area contributed by atoms with Crippen LogP contribution in [0.15, 0.2) is 12.1 Å². The minimum atomic E-state index is -0.0825. The minimum Gasteiger partial charge on any atom is -0.481 e. The summed E-state index contributed by atoms with van der Waals surface area (Å²) in [5.74, 6) is 0.256. The Morgan fingerprint density at radius 1 is 1.07 bits per heavy atom. The number of carbonyl (C=O) groups excluding carboxylic acids is 1. The number of benzene rings is 1. The predicted octanol–water partition coefficient (Wildman–Crippen LogP) is 5.28. The normalized spacial score (nSPS) is 23.9. The summed E-state index contributed by atoms with van der Waals surface area (Å²) in [5, 5.41) is 1.06. The van der Waals surface area contributed by atoms with E-state index in [0.717, 1.165) is 25.9 Å². The zero-order valence-electron chi connectivity index (χ0n) is 15.7. The Morgan fingerprint density at radius 3 is 2.37 bits per heavy atom. The van der Waals surface area contributed by atoms with Crippen LogP contribution in [0.2, 0.25) is 15.1 Å². The summed E-state index contributed by atoms with van der Waals surface area (Å²) in [6.07, 6.45) is 8.46. The summed E-state index contributed by atoms with van der Waals surface area (Å²) in [6.45, 7) is 2.21. The number of carbonyl (C=O) groups is 1. The highest BCUT2D eigenvalue weighted by Crippen LogP contribution is 2.36. The molecule has 150 valence electrons. The second kappa shape index (κ2) is 9.69. The first kappa shape index (κ1) is 21.0. The average molecular weight is 434 g/mol. The molecule has 1 aromatic rings. The third kappa shape index (κ3) is 5.23. The number of halogens is 3. The van der Waals surface area contributed by atoms with Gasteiger partial charge in [0.15, 0.2) is 12.4 Å². The number of ether oxygens (including phenoxy) is 1. The maximum absolute atomic E-state index is 12.8. The van der Waals surface area contributed by atoms with Crippen LogP contribution in [0.4, 0.5) is 0 Å². The van der Waals surface area contributed by atoms with Crippen LogP contribution in [0.1, 0.15) is 44.9 Å². The van der Waals surface area contributed by atoms with E-state index < -0.39 is 0 Å². The maximum Gasteiger partial charge on any atom is 0.260 e. The Balaban J connectivity index is 1.63. The van der Waals surface area contributed by atoms with E-state index in [9.17, 15) is 4.79 Å². The highest BCUT2D eigenvalue weighted by Gasteiger charge is 2.35. The van der Waals surface area contributed by atoms with Gasteiger partial charge in [-0.1, -0.05) is 54.1 Å². The summed E-state index contributed by atoms with van der Waals surface area (Å²) < 4.78 is 5.65. The molecule has 0 unspecified atom stereocenters. The van der Waals surface area contributed by atoms with Gasteiger partial charge in [0.25, 0.3) is 5.91 Å². The van der Waals surface area contributed by atoms with E-state index in [1.165, 1.54) is 32.1 Å². The molecule has 0 bridgehead atoms. The van der Waals surface area contributed by atoms with Crippen LogP contribution in [-0.2, 0) is 4.79 Å². The van der Waals surface area contributed by atoms with E-state index in [2.05, 4.69) is 4.90 Å². The summed E-state index contributed by atoms with van der Waals surface area (Å²) in [4.78, 5) is 17.3. The molecule has 0 aromatic heterocycles. The Kier molecular flexibility index (Phi) is 7.55. The number of hydrogen-bond donors (Lipinski definition) is 0. The number of nitrogens with zero attached hydrogens (tertiary/aromatic N) is 2. The molecule has 1 aromatic carbocycles. The molecular weight excluding hydrogens is 407 g/mol. The summed E-state index contributed by atoms with van der Waals surface area (Å²) in [7, 11) is 1.89. The number of rotatable bonds is 5. The van der Waals surface area contributed by atoms with E-state index in [1.54, 1.807) is 12.1 Å². The van der Waals surface area contributed by atoms with Gasteiger partial charge in [-0.25, -0.2) is 0 Å². The first-order valence-electron chi connectivity index (χ1n) is 9.74. The average Bonchev–Trinajstić information content (AvgIpc) is 2.67. The van der Waals surface area contributed by atoms with E-state index >= 15 is 0 Å². The highest BCUT2D eigenvalue weighted by molar-refractivity contribution is 6.40. The van der Waals surface area contributed by atoms with E-state index in [0.29, 0.717) is 26.9 Å². The number of likely N-dealkylation sites (tertiary alicyclic amines) is 1. The molecule has 0 N–H and O–H groups in total. The van der Waals surface area contributed by atoms with Crippen LogP contribution >= 0.6 is 34.8 Å². The molecule has 27 heavy (non-hydrogen) atoms. The highest BCUT2D eigenvalue weighted by atomic mass is 35.5. The number of likely N-dealkylation sites (N-methyl/N-ethyl adjacent to an activating group) is 1. The molecule has 3 rings (SSSR count). The molecule has 2 aliphatic rings. The van der Waals surface area contributed by atoms with E-state index in [4.69, 9.17) is 39.5 Å². The largest absolute Gasteiger partial charge is 0.481 e. The molecule has 2 fully saturated rings. The van der Waals surface area contributed by atoms with Gasteiger partial charge in [-0.3, -0.25) is 9.69 Å². The van der Waals surface area contributed by atoms with Gasteiger partial charge in [-0.2, -0.15) is 0 Å². The van der Waals surface area contributed by atoms with Crippen molar-refractivity contribution < 1.29 is 9.53 Å². The lowest BCUT2D eigenvalue weighted by Gasteiger charge is -2.45. The van der Waals surface area contributed by atoms with Crippen molar-refractivity contribution in [1.82, 2.24) is 9.80 Å². The van der Waals surface area contributed by atoms with Crippen LogP contribution in [-0.4, -0.2) is 54.5 Å². The molecule has 4 nitrogen and oxygen atoms in total. The van der Waals surface area contributed by atoms with Crippen LogP contribution in [0, 0.1) is 0 Å². The van der Waals surface area contributed by atoms with Crippen LogP contribution in [0.25, 0.3) is 0 Å². The van der Waals surface area contributed by atoms with Crippen molar-refractivity contribution in [2.45, 2.75) is 57.0 Å². The Hall–Kier alpha value is -0.680. The second-order valence-electron chi connectivity index (χ2n) is 7.51. The predicted molar refractivity (Wildman–Crippen MR) is 111 cm³/mol. The molecule has 1 saturated heterocycles. The first-order valence-corrected chi connectivity index (χ1v) is 10.9. The van der Waals surface area contributed by atoms with E-state index in [-0.39, 0.29) is 18.6 Å². The molecule has 0 spiro atoms. The van der Waals surface area contributed by atoms with Gasteiger partial charge in [0.1, 0.15) is 0 Å². The van der Waals surface area contributed by atoms with Crippen molar-refractivity contribution in [3.63, 3.8) is 0 Å². The number of amides is 1. The standard InChI is InChI=1S/C20H27Cl3N2O2/c1-24(17-7-3-4-8-18(17)25-9-5-2-6-10-25)19(26)13-27-20-15(22)11-14(21)12-16(20)23/h11-12,17-18H,2-10,13H2,1H3/t17-,18-/m1/s1. The quantitative estimate of drug-likeness (QED) is 0.633. The Morgan fingerprint density at radius 2 is 1.70 bits per heavy atom. The summed E-state index contributed by atoms with van der Waals surface area (Å²) >= 11 is 18.2. The molecule has 7 heteroatoms. The van der Waals surface area contributed by atoms with Crippen LogP contribution < -0.4 is 4.74 Å². The lowest BCUT2D eigenvalue weighted by atomic mass is 9.87. The smallest absolute Gasteiger partial charge is 0.260 e. The molecule has 1 aliphatic heterocycles. The van der Waals surface area contributed by atoms with Gasteiger partial charge in [-0.05, 0) is 50.9 Å². The molecule has 1 amide bonds. The van der Waals surface area contributed by atoms with Gasteiger partial charge in [-0.15, -0.1) is 0 Å². The maximum atomic E-state index is 12.8. The van der Waals surface area contributed by atoms with Crippen LogP contribution in [0.5, 0.6) is 5.75 Å². The van der Waals surface area contributed by atoms with Crippen molar-refractivity contribution in [3.8, 4) is 5.75 Å². The molecule has 1 aliphatic carbocycles. The van der Waals surface area contributed by atoms with Gasteiger partial charge >= 0.3 is 0 Å². The van der Waals surface area contributed by atoms with Gasteiger partial charge in [0.05, 0.1) is 10.0 Å². The Labute approximate surface area is 176 Å². The fourth-order valence-electron chi connectivity index (χ4n) is 4.31. The number of hydrogen-bond acceptors (Lipinski definition) is 3. The zero-order valence-corrected chi connectivity index (χ0v) is 18.0. The summed E-state index contributed by atoms with van der Waals surface area (Å²) in [5.41, 5.74) is 0. The minimum absolute atomic E-state index is 0.0500. The Bertz CT molecular complexity index is 642. The number of piperidine rings is 1. The van der Waals surface area contributed by atoms with Gasteiger partial charge in [0, 0.05) is 24.2 Å². The van der Waals surface area contributed by atoms with Crippen molar-refractivity contribution in [3.05, 3.63) is 27.2 Å². The first-order chi connectivity index (χ1) is 13.0. The van der Waals surface area contributed by atoms with Crippen LogP contribution in [0.3, 0.4) is 0 Å². The third-order valence-electron chi connectivity index (χ3n) is 5.75. The monoisotopic (exact) mass is 432 g/mol. The van der Waals surface area contributed by atoms with Crippen molar-refractivity contribution in [2.75, 3.05) is 26.7 Å². The third-order valence-corrected chi connectivity index (χ3v) is 6.53. The molecule has 1 saturated carbocycles. The van der Waals surface area contributed by atoms with Crippen molar-refractivity contribution >= 4 is 40.7 Å². The molecule has 2 atom stereocenters. The molecule has 1 heterocycles. The fraction of sp³-hybridized carbons (Fsp3) is 0.650. The zero-order chi connectivity index (χ0) is 19.4. The van der Waals surface area contributed by atoms with Gasteiger partial charge < -0.3 is 9.64 Å². The van der Waals surface area contributed by atoms with E-state index in [1.807, 2.05) is 11.9 Å². The fourth-order valence-corrected chi connectivity index (χ4v) is 5.23. The molecular formula is C20H27Cl3N2O2. The van der Waals surface area contributed by atoms with Crippen molar-refractivity contribution in [1.29, 1.82) is 0 Å². The topological polar surface area (TPSA) is 32.8 Å². The van der Waals surface area contributed by atoms with Gasteiger partial charge in [0.2, 0.25) is 0 Å². The lowest BCUT2D eigenvalue weighted by molar-refractivity contribution is -0.136. The second-order valence-corrected chi connectivity index (χ2v) is 8.76. The molecule has 0 radical (unpaired) electrons. The SMILES string of the molecule is CN(C(=O)COc1c(Cl)cc(Cl)cc1Cl)[C@@H]1CCCC[C@H]1N1CCCCC1. The van der Waals surface area contributed by atoms with Crippen molar-refractivity contribution in [2.24, 2.45) is 0 Å². The summed E-state index contributed by atoms with van der Waals surface area (Å²) in [6, 6.07) is 3.82. The lowest BCUT2D eigenvalue weighted by Crippen LogP contribution is -2.55.